The number of benzene rings is 2. The zero-order chi connectivity index (χ0) is 15.1. The van der Waals surface area contributed by atoms with Crippen LogP contribution in [-0.2, 0) is 13.0 Å². The number of hydrogen-bond donors (Lipinski definition) is 2. The van der Waals surface area contributed by atoms with Crippen LogP contribution in [0.15, 0.2) is 48.5 Å². The first-order chi connectivity index (χ1) is 10.2. The van der Waals surface area contributed by atoms with Crippen molar-refractivity contribution in [3.63, 3.8) is 0 Å². The molecule has 0 heterocycles. The molecule has 110 valence electrons. The SMILES string of the molecule is Cc1ccccc1CNC(=O)NCCc1ccccc1F. The van der Waals surface area contributed by atoms with Crippen molar-refractivity contribution in [2.24, 2.45) is 0 Å². The number of urea groups is 1. The van der Waals surface area contributed by atoms with E-state index in [-0.39, 0.29) is 11.8 Å². The first-order valence-electron chi connectivity index (χ1n) is 6.96. The van der Waals surface area contributed by atoms with Crippen molar-refractivity contribution in [3.05, 3.63) is 71.0 Å². The molecule has 2 amide bonds. The van der Waals surface area contributed by atoms with Crippen LogP contribution >= 0.6 is 0 Å². The molecule has 0 aliphatic carbocycles. The molecule has 0 atom stereocenters. The van der Waals surface area contributed by atoms with Crippen LogP contribution in [0.5, 0.6) is 0 Å². The Morgan fingerprint density at radius 3 is 2.38 bits per heavy atom. The summed E-state index contributed by atoms with van der Waals surface area (Å²) in [4.78, 5) is 11.7. The zero-order valence-corrected chi connectivity index (χ0v) is 12.0. The molecule has 2 rings (SSSR count). The number of amides is 2. The molecule has 0 unspecified atom stereocenters. The van der Waals surface area contributed by atoms with Gasteiger partial charge in [-0.05, 0) is 36.1 Å². The summed E-state index contributed by atoms with van der Waals surface area (Å²) >= 11 is 0. The average molecular weight is 286 g/mol. The van der Waals surface area contributed by atoms with Crippen molar-refractivity contribution >= 4 is 6.03 Å². The molecule has 0 saturated carbocycles. The van der Waals surface area contributed by atoms with Gasteiger partial charge in [-0.25, -0.2) is 9.18 Å². The molecular weight excluding hydrogens is 267 g/mol. The number of carbonyl (C=O) groups excluding carboxylic acids is 1. The van der Waals surface area contributed by atoms with Gasteiger partial charge >= 0.3 is 6.03 Å². The molecule has 0 aliphatic heterocycles. The maximum absolute atomic E-state index is 13.4. The predicted octanol–water partition coefficient (Wildman–Crippen LogP) is 3.18. The Bertz CT molecular complexity index is 613. The minimum absolute atomic E-state index is 0.236. The fourth-order valence-electron chi connectivity index (χ4n) is 2.06. The lowest BCUT2D eigenvalue weighted by atomic mass is 10.1. The molecular formula is C17H19FN2O. The Morgan fingerprint density at radius 2 is 1.67 bits per heavy atom. The van der Waals surface area contributed by atoms with Crippen molar-refractivity contribution in [2.45, 2.75) is 19.9 Å². The number of aryl methyl sites for hydroxylation is 1. The van der Waals surface area contributed by atoms with Gasteiger partial charge in [0.1, 0.15) is 5.82 Å². The smallest absolute Gasteiger partial charge is 0.315 e. The molecule has 0 bridgehead atoms. The fourth-order valence-corrected chi connectivity index (χ4v) is 2.06. The molecule has 2 aromatic rings. The number of nitrogens with one attached hydrogen (secondary N) is 2. The third-order valence-electron chi connectivity index (χ3n) is 3.34. The fraction of sp³-hybridized carbons (Fsp3) is 0.235. The lowest BCUT2D eigenvalue weighted by molar-refractivity contribution is 0.240. The van der Waals surface area contributed by atoms with Crippen LogP contribution in [0.2, 0.25) is 0 Å². The Hall–Kier alpha value is -2.36. The maximum atomic E-state index is 13.4. The average Bonchev–Trinajstić information content (AvgIpc) is 2.48. The molecule has 0 aromatic heterocycles. The highest BCUT2D eigenvalue weighted by Gasteiger charge is 2.04. The second-order valence-electron chi connectivity index (χ2n) is 4.88. The van der Waals surface area contributed by atoms with Gasteiger partial charge in [0.15, 0.2) is 0 Å². The van der Waals surface area contributed by atoms with E-state index < -0.39 is 0 Å². The van der Waals surface area contributed by atoms with E-state index in [0.717, 1.165) is 11.1 Å². The molecule has 2 aromatic carbocycles. The Balaban J connectivity index is 1.73. The quantitative estimate of drug-likeness (QED) is 0.871. The lowest BCUT2D eigenvalue weighted by Crippen LogP contribution is -2.36. The molecule has 4 heteroatoms. The summed E-state index contributed by atoms with van der Waals surface area (Å²) < 4.78 is 13.4. The highest BCUT2D eigenvalue weighted by atomic mass is 19.1. The first-order valence-corrected chi connectivity index (χ1v) is 6.96. The van der Waals surface area contributed by atoms with Gasteiger partial charge in [-0.1, -0.05) is 42.5 Å². The standard InChI is InChI=1S/C17H19FN2O/c1-13-6-2-3-8-15(13)12-20-17(21)19-11-10-14-7-4-5-9-16(14)18/h2-9H,10-12H2,1H3,(H2,19,20,21). The van der Waals surface area contributed by atoms with E-state index in [9.17, 15) is 9.18 Å². The van der Waals surface area contributed by atoms with Gasteiger partial charge in [-0.2, -0.15) is 0 Å². The highest BCUT2D eigenvalue weighted by molar-refractivity contribution is 5.73. The number of rotatable bonds is 5. The lowest BCUT2D eigenvalue weighted by Gasteiger charge is -2.09. The summed E-state index contributed by atoms with van der Waals surface area (Å²) in [5.74, 6) is -0.236. The summed E-state index contributed by atoms with van der Waals surface area (Å²) in [6.45, 7) is 2.89. The van der Waals surface area contributed by atoms with E-state index in [1.54, 1.807) is 18.2 Å². The van der Waals surface area contributed by atoms with Crippen LogP contribution in [0.3, 0.4) is 0 Å². The molecule has 0 saturated heterocycles. The Kier molecular flexibility index (Phi) is 5.32. The van der Waals surface area contributed by atoms with Crippen LogP contribution in [0, 0.1) is 12.7 Å². The number of carbonyl (C=O) groups is 1. The second kappa shape index (κ2) is 7.43. The summed E-state index contributed by atoms with van der Waals surface area (Å²) in [5.41, 5.74) is 2.84. The van der Waals surface area contributed by atoms with Gasteiger partial charge in [-0.3, -0.25) is 0 Å². The number of halogens is 1. The molecule has 0 spiro atoms. The van der Waals surface area contributed by atoms with Gasteiger partial charge < -0.3 is 10.6 Å². The van der Waals surface area contributed by atoms with Crippen molar-refractivity contribution in [1.82, 2.24) is 10.6 Å². The summed E-state index contributed by atoms with van der Waals surface area (Å²) in [6.07, 6.45) is 0.477. The zero-order valence-electron chi connectivity index (χ0n) is 12.0. The van der Waals surface area contributed by atoms with Crippen LogP contribution in [0.25, 0.3) is 0 Å². The molecule has 21 heavy (non-hydrogen) atoms. The molecule has 2 N–H and O–H groups in total. The summed E-state index contributed by atoms with van der Waals surface area (Å²) in [6, 6.07) is 14.2. The molecule has 0 radical (unpaired) electrons. The van der Waals surface area contributed by atoms with Gasteiger partial charge in [0.2, 0.25) is 0 Å². The minimum Gasteiger partial charge on any atom is -0.338 e. The van der Waals surface area contributed by atoms with Gasteiger partial charge in [0.25, 0.3) is 0 Å². The summed E-state index contributed by atoms with van der Waals surface area (Å²) in [5, 5.41) is 5.53. The third kappa shape index (κ3) is 4.60. The van der Waals surface area contributed by atoms with Crippen LogP contribution < -0.4 is 10.6 Å². The van der Waals surface area contributed by atoms with Gasteiger partial charge in [0, 0.05) is 13.1 Å². The Labute approximate surface area is 124 Å². The number of hydrogen-bond acceptors (Lipinski definition) is 1. The molecule has 0 aliphatic rings. The van der Waals surface area contributed by atoms with Crippen molar-refractivity contribution in [2.75, 3.05) is 6.54 Å². The van der Waals surface area contributed by atoms with E-state index in [1.165, 1.54) is 6.07 Å². The predicted molar refractivity (Wildman–Crippen MR) is 81.5 cm³/mol. The van der Waals surface area contributed by atoms with Crippen LogP contribution in [-0.4, -0.2) is 12.6 Å². The van der Waals surface area contributed by atoms with E-state index in [0.29, 0.717) is 25.1 Å². The largest absolute Gasteiger partial charge is 0.338 e. The van der Waals surface area contributed by atoms with E-state index in [2.05, 4.69) is 10.6 Å². The maximum Gasteiger partial charge on any atom is 0.315 e. The first kappa shape index (κ1) is 15.0. The summed E-state index contributed by atoms with van der Waals surface area (Å²) in [7, 11) is 0. The molecule has 0 fully saturated rings. The van der Waals surface area contributed by atoms with Gasteiger partial charge in [-0.15, -0.1) is 0 Å². The minimum atomic E-state index is -0.241. The van der Waals surface area contributed by atoms with E-state index in [4.69, 9.17) is 0 Å². The van der Waals surface area contributed by atoms with Gasteiger partial charge in [0.05, 0.1) is 0 Å². The van der Waals surface area contributed by atoms with Crippen molar-refractivity contribution in [3.8, 4) is 0 Å². The highest BCUT2D eigenvalue weighted by Crippen LogP contribution is 2.07. The third-order valence-corrected chi connectivity index (χ3v) is 3.34. The van der Waals surface area contributed by atoms with Crippen molar-refractivity contribution < 1.29 is 9.18 Å². The van der Waals surface area contributed by atoms with Crippen molar-refractivity contribution in [1.29, 1.82) is 0 Å². The van der Waals surface area contributed by atoms with E-state index in [1.807, 2.05) is 31.2 Å². The topological polar surface area (TPSA) is 41.1 Å². The van der Waals surface area contributed by atoms with Crippen LogP contribution in [0.1, 0.15) is 16.7 Å². The molecule has 3 nitrogen and oxygen atoms in total. The van der Waals surface area contributed by atoms with Crippen LogP contribution in [0.4, 0.5) is 9.18 Å². The normalized spacial score (nSPS) is 10.2. The second-order valence-corrected chi connectivity index (χ2v) is 4.88. The Morgan fingerprint density at radius 1 is 1.00 bits per heavy atom. The monoisotopic (exact) mass is 286 g/mol. The van der Waals surface area contributed by atoms with E-state index >= 15 is 0 Å².